The molecule has 0 spiro atoms. The van der Waals surface area contributed by atoms with Gasteiger partial charge in [0, 0.05) is 18.3 Å². The van der Waals surface area contributed by atoms with Crippen molar-refractivity contribution >= 4 is 34.9 Å². The zero-order chi connectivity index (χ0) is 17.0. The molecule has 1 aromatic carbocycles. The van der Waals surface area contributed by atoms with Crippen molar-refractivity contribution in [2.24, 2.45) is 0 Å². The van der Waals surface area contributed by atoms with E-state index < -0.39 is 17.7 Å². The monoisotopic (exact) mass is 312 g/mol. The third-order valence-corrected chi connectivity index (χ3v) is 2.99. The van der Waals surface area contributed by atoms with Crippen molar-refractivity contribution in [3.63, 3.8) is 0 Å². The van der Waals surface area contributed by atoms with Crippen molar-refractivity contribution in [2.45, 2.75) is 13.8 Å². The summed E-state index contributed by atoms with van der Waals surface area (Å²) in [6.45, 7) is 2.96. The third-order valence-electron chi connectivity index (χ3n) is 2.99. The molecule has 1 aromatic heterocycles. The minimum atomic E-state index is -0.995. The van der Waals surface area contributed by atoms with Gasteiger partial charge in [-0.1, -0.05) is 6.07 Å². The van der Waals surface area contributed by atoms with E-state index in [1.54, 1.807) is 37.3 Å². The number of nitrogens with one attached hydrogen (secondary N) is 1. The fourth-order valence-electron chi connectivity index (χ4n) is 1.95. The molecule has 2 rings (SSSR count). The molecule has 0 aliphatic rings. The highest BCUT2D eigenvalue weighted by Gasteiger charge is 2.27. The summed E-state index contributed by atoms with van der Waals surface area (Å²) in [6, 6.07) is 11.1. The Morgan fingerprint density at radius 2 is 1.74 bits per heavy atom. The summed E-state index contributed by atoms with van der Waals surface area (Å²) >= 11 is 0. The van der Waals surface area contributed by atoms with Crippen LogP contribution in [0.1, 0.15) is 12.6 Å². The average molecular weight is 312 g/mol. The van der Waals surface area contributed by atoms with Crippen LogP contribution in [0.4, 0.5) is 17.2 Å². The average Bonchev–Trinajstić information content (AvgIpc) is 2.49. The number of hydrogen-bond donors (Lipinski definition) is 2. The molecule has 0 aliphatic heterocycles. The second kappa shape index (κ2) is 6.69. The maximum absolute atomic E-state index is 12.3. The Bertz CT molecular complexity index is 756. The van der Waals surface area contributed by atoms with Gasteiger partial charge in [-0.25, -0.2) is 9.88 Å². The van der Waals surface area contributed by atoms with Crippen LogP contribution in [-0.2, 0) is 14.4 Å². The Kier molecular flexibility index (Phi) is 4.70. The molecule has 7 heteroatoms. The standard InChI is InChI=1S/C16H16N4O3/c1-10-4-3-5-14(18-10)19-15(22)16(23)20(11(2)21)13-8-6-12(17)7-9-13/h3-9H,17H2,1-2H3,(H,18,19,22). The molecule has 1 heterocycles. The molecule has 0 unspecified atom stereocenters. The summed E-state index contributed by atoms with van der Waals surface area (Å²) in [5.41, 5.74) is 7.02. The summed E-state index contributed by atoms with van der Waals surface area (Å²) in [5.74, 6) is -2.28. The predicted octanol–water partition coefficient (Wildman–Crippen LogP) is 1.49. The van der Waals surface area contributed by atoms with Gasteiger partial charge >= 0.3 is 11.8 Å². The summed E-state index contributed by atoms with van der Waals surface area (Å²) < 4.78 is 0. The van der Waals surface area contributed by atoms with Gasteiger partial charge in [0.2, 0.25) is 5.91 Å². The topological polar surface area (TPSA) is 105 Å². The molecule has 118 valence electrons. The molecule has 0 saturated carbocycles. The van der Waals surface area contributed by atoms with Gasteiger partial charge in [0.25, 0.3) is 0 Å². The van der Waals surface area contributed by atoms with E-state index in [0.717, 1.165) is 4.90 Å². The minimum absolute atomic E-state index is 0.240. The quantitative estimate of drug-likeness (QED) is 0.645. The van der Waals surface area contributed by atoms with Crippen LogP contribution in [-0.4, -0.2) is 22.7 Å². The Morgan fingerprint density at radius 1 is 1.09 bits per heavy atom. The van der Waals surface area contributed by atoms with E-state index in [2.05, 4.69) is 10.3 Å². The summed E-state index contributed by atoms with van der Waals surface area (Å²) in [6.07, 6.45) is 0. The molecule has 0 fully saturated rings. The van der Waals surface area contributed by atoms with E-state index in [4.69, 9.17) is 5.73 Å². The lowest BCUT2D eigenvalue weighted by molar-refractivity contribution is -0.136. The first-order valence-corrected chi connectivity index (χ1v) is 6.83. The van der Waals surface area contributed by atoms with E-state index >= 15 is 0 Å². The maximum Gasteiger partial charge on any atom is 0.323 e. The van der Waals surface area contributed by atoms with Crippen LogP contribution in [0, 0.1) is 6.92 Å². The first-order valence-electron chi connectivity index (χ1n) is 6.83. The number of pyridine rings is 1. The van der Waals surface area contributed by atoms with Crippen LogP contribution >= 0.6 is 0 Å². The Hall–Kier alpha value is -3.22. The first-order chi connectivity index (χ1) is 10.9. The molecule has 0 aliphatic carbocycles. The van der Waals surface area contributed by atoms with Crippen LogP contribution in [0.15, 0.2) is 42.5 Å². The second-order valence-corrected chi connectivity index (χ2v) is 4.87. The molecule has 0 atom stereocenters. The first kappa shape index (κ1) is 16.2. The zero-order valence-corrected chi connectivity index (χ0v) is 12.7. The lowest BCUT2D eigenvalue weighted by atomic mass is 10.2. The van der Waals surface area contributed by atoms with Gasteiger partial charge in [-0.2, -0.15) is 0 Å². The van der Waals surface area contributed by atoms with Gasteiger partial charge in [0.15, 0.2) is 0 Å². The fraction of sp³-hybridized carbons (Fsp3) is 0.125. The molecular formula is C16H16N4O3. The number of rotatable bonds is 2. The lowest BCUT2D eigenvalue weighted by Gasteiger charge is -2.18. The third kappa shape index (κ3) is 3.91. The number of carbonyl (C=O) groups excluding carboxylic acids is 3. The Labute approximate surface area is 133 Å². The highest BCUT2D eigenvalue weighted by atomic mass is 16.2. The van der Waals surface area contributed by atoms with E-state index in [9.17, 15) is 14.4 Å². The number of amides is 3. The zero-order valence-electron chi connectivity index (χ0n) is 12.7. The van der Waals surface area contributed by atoms with Crippen molar-refractivity contribution in [3.8, 4) is 0 Å². The highest BCUT2D eigenvalue weighted by Crippen LogP contribution is 2.17. The number of aromatic nitrogens is 1. The molecule has 3 N–H and O–H groups in total. The molecular weight excluding hydrogens is 296 g/mol. The van der Waals surface area contributed by atoms with E-state index in [1.165, 1.54) is 19.1 Å². The largest absolute Gasteiger partial charge is 0.399 e. The van der Waals surface area contributed by atoms with Crippen LogP contribution < -0.4 is 16.0 Å². The second-order valence-electron chi connectivity index (χ2n) is 4.87. The van der Waals surface area contributed by atoms with Gasteiger partial charge in [-0.3, -0.25) is 14.4 Å². The number of nitrogens with two attached hydrogens (primary N) is 1. The molecule has 23 heavy (non-hydrogen) atoms. The van der Waals surface area contributed by atoms with Gasteiger partial charge in [0.05, 0.1) is 5.69 Å². The fourth-order valence-corrected chi connectivity index (χ4v) is 1.95. The smallest absolute Gasteiger partial charge is 0.323 e. The number of hydrogen-bond acceptors (Lipinski definition) is 5. The van der Waals surface area contributed by atoms with Gasteiger partial charge < -0.3 is 11.1 Å². The van der Waals surface area contributed by atoms with Crippen molar-refractivity contribution < 1.29 is 14.4 Å². The summed E-state index contributed by atoms with van der Waals surface area (Å²) in [4.78, 5) is 41.0. The summed E-state index contributed by atoms with van der Waals surface area (Å²) in [5, 5.41) is 2.38. The Balaban J connectivity index is 2.22. The summed E-state index contributed by atoms with van der Waals surface area (Å²) in [7, 11) is 0. The number of carbonyl (C=O) groups is 3. The molecule has 0 bridgehead atoms. The van der Waals surface area contributed by atoms with Crippen LogP contribution in [0.3, 0.4) is 0 Å². The number of nitrogen functional groups attached to an aromatic ring is 1. The van der Waals surface area contributed by atoms with Gasteiger partial charge in [0.1, 0.15) is 5.82 Å². The SMILES string of the molecule is CC(=O)N(C(=O)C(=O)Nc1cccc(C)n1)c1ccc(N)cc1. The maximum atomic E-state index is 12.3. The number of nitrogens with zero attached hydrogens (tertiary/aromatic N) is 2. The lowest BCUT2D eigenvalue weighted by Crippen LogP contribution is -2.42. The highest BCUT2D eigenvalue weighted by molar-refractivity contribution is 6.48. The number of anilines is 3. The number of benzene rings is 1. The Morgan fingerprint density at radius 3 is 2.30 bits per heavy atom. The van der Waals surface area contributed by atoms with Crippen molar-refractivity contribution in [1.82, 2.24) is 4.98 Å². The molecule has 2 aromatic rings. The van der Waals surface area contributed by atoms with Gasteiger partial charge in [-0.15, -0.1) is 0 Å². The van der Waals surface area contributed by atoms with Crippen LogP contribution in [0.2, 0.25) is 0 Å². The molecule has 7 nitrogen and oxygen atoms in total. The van der Waals surface area contributed by atoms with Gasteiger partial charge in [-0.05, 0) is 43.3 Å². The molecule has 0 radical (unpaired) electrons. The van der Waals surface area contributed by atoms with Crippen LogP contribution in [0.25, 0.3) is 0 Å². The molecule has 0 saturated heterocycles. The number of imide groups is 1. The van der Waals surface area contributed by atoms with Crippen molar-refractivity contribution in [1.29, 1.82) is 0 Å². The normalized spacial score (nSPS) is 10.0. The van der Waals surface area contributed by atoms with E-state index in [1.807, 2.05) is 0 Å². The van der Waals surface area contributed by atoms with Crippen molar-refractivity contribution in [3.05, 3.63) is 48.2 Å². The van der Waals surface area contributed by atoms with Crippen molar-refractivity contribution in [2.75, 3.05) is 16.0 Å². The number of aryl methyl sites for hydroxylation is 1. The predicted molar refractivity (Wildman–Crippen MR) is 86.6 cm³/mol. The van der Waals surface area contributed by atoms with E-state index in [0.29, 0.717) is 11.4 Å². The molecule has 3 amide bonds. The minimum Gasteiger partial charge on any atom is -0.399 e. The van der Waals surface area contributed by atoms with E-state index in [-0.39, 0.29) is 11.5 Å². The van der Waals surface area contributed by atoms with Crippen LogP contribution in [0.5, 0.6) is 0 Å².